The number of hydrogen-bond donors (Lipinski definition) is 1. The second-order valence-corrected chi connectivity index (χ2v) is 4.84. The van der Waals surface area contributed by atoms with Crippen LogP contribution in [0.3, 0.4) is 0 Å². The van der Waals surface area contributed by atoms with Gasteiger partial charge in [0.15, 0.2) is 5.82 Å². The van der Waals surface area contributed by atoms with Gasteiger partial charge < -0.3 is 15.2 Å². The van der Waals surface area contributed by atoms with Crippen molar-refractivity contribution in [2.75, 3.05) is 18.6 Å². The van der Waals surface area contributed by atoms with Crippen LogP contribution in [0.1, 0.15) is 12.7 Å². The fourth-order valence-corrected chi connectivity index (χ4v) is 1.98. The molecular formula is C14H17N3O2S. The van der Waals surface area contributed by atoms with Crippen molar-refractivity contribution in [2.45, 2.75) is 18.4 Å². The minimum absolute atomic E-state index is 0.323. The maximum absolute atomic E-state index is 5.74. The molecule has 106 valence electrons. The molecule has 0 saturated heterocycles. The van der Waals surface area contributed by atoms with Crippen molar-refractivity contribution >= 4 is 17.6 Å². The topological polar surface area (TPSA) is 70.3 Å². The molecule has 5 nitrogen and oxygen atoms in total. The van der Waals surface area contributed by atoms with Crippen LogP contribution in [-0.4, -0.2) is 22.8 Å². The Balaban J connectivity index is 2.12. The largest absolute Gasteiger partial charge is 0.439 e. The summed E-state index contributed by atoms with van der Waals surface area (Å²) in [5.41, 5.74) is 5.74. The molecule has 1 heterocycles. The lowest BCUT2D eigenvalue weighted by molar-refractivity contribution is 0.128. The molecule has 0 aliphatic heterocycles. The van der Waals surface area contributed by atoms with Crippen LogP contribution >= 0.6 is 11.8 Å². The van der Waals surface area contributed by atoms with E-state index in [1.165, 1.54) is 4.90 Å². The summed E-state index contributed by atoms with van der Waals surface area (Å²) in [6.45, 7) is 2.84. The van der Waals surface area contributed by atoms with Gasteiger partial charge in [0.2, 0.25) is 5.88 Å². The number of ether oxygens (including phenoxy) is 2. The molecule has 2 rings (SSSR count). The van der Waals surface area contributed by atoms with Gasteiger partial charge >= 0.3 is 0 Å². The van der Waals surface area contributed by atoms with E-state index in [-0.39, 0.29) is 0 Å². The number of benzene rings is 1. The van der Waals surface area contributed by atoms with Gasteiger partial charge in [-0.25, -0.2) is 4.98 Å². The first kappa shape index (κ1) is 14.6. The highest BCUT2D eigenvalue weighted by atomic mass is 32.2. The monoisotopic (exact) mass is 291 g/mol. The maximum atomic E-state index is 5.74. The van der Waals surface area contributed by atoms with Crippen molar-refractivity contribution in [1.29, 1.82) is 0 Å². The molecule has 20 heavy (non-hydrogen) atoms. The molecule has 2 aromatic rings. The van der Waals surface area contributed by atoms with Crippen molar-refractivity contribution in [3.05, 3.63) is 36.2 Å². The number of thioether (sulfide) groups is 1. The highest BCUT2D eigenvalue weighted by Crippen LogP contribution is 2.24. The molecule has 1 aromatic carbocycles. The number of nitrogen functional groups attached to an aromatic ring is 1. The summed E-state index contributed by atoms with van der Waals surface area (Å²) < 4.78 is 11.0. The van der Waals surface area contributed by atoms with Crippen LogP contribution in [0.15, 0.2) is 35.2 Å². The number of anilines is 1. The van der Waals surface area contributed by atoms with Gasteiger partial charge in [0, 0.05) is 17.6 Å². The SMILES string of the molecule is CCOCc1nc(N)cc(Oc2ccc(SC)cc2)n1. The van der Waals surface area contributed by atoms with E-state index < -0.39 is 0 Å². The number of nitrogens with zero attached hydrogens (tertiary/aromatic N) is 2. The quantitative estimate of drug-likeness (QED) is 0.825. The van der Waals surface area contributed by atoms with Crippen LogP contribution in [0.25, 0.3) is 0 Å². The number of rotatable bonds is 6. The minimum Gasteiger partial charge on any atom is -0.439 e. The number of aromatic nitrogens is 2. The van der Waals surface area contributed by atoms with Crippen LogP contribution in [0.4, 0.5) is 5.82 Å². The normalized spacial score (nSPS) is 10.5. The Hall–Kier alpha value is -1.79. The molecule has 0 amide bonds. The molecule has 6 heteroatoms. The molecule has 0 saturated carbocycles. The lowest BCUT2D eigenvalue weighted by atomic mass is 10.3. The summed E-state index contributed by atoms with van der Waals surface area (Å²) in [4.78, 5) is 9.54. The Morgan fingerprint density at radius 3 is 2.60 bits per heavy atom. The van der Waals surface area contributed by atoms with Gasteiger partial charge in [0.05, 0.1) is 0 Å². The summed E-state index contributed by atoms with van der Waals surface area (Å²) in [6, 6.07) is 9.37. The molecule has 1 aromatic heterocycles. The van der Waals surface area contributed by atoms with Gasteiger partial charge in [-0.3, -0.25) is 0 Å². The fourth-order valence-electron chi connectivity index (χ4n) is 1.57. The maximum Gasteiger partial charge on any atom is 0.224 e. The van der Waals surface area contributed by atoms with E-state index in [9.17, 15) is 0 Å². The standard InChI is InChI=1S/C14H17N3O2S/c1-3-18-9-13-16-12(15)8-14(17-13)19-10-4-6-11(20-2)7-5-10/h4-8H,3,9H2,1-2H3,(H2,15,16,17). The smallest absolute Gasteiger partial charge is 0.224 e. The average Bonchev–Trinajstić information content (AvgIpc) is 2.45. The molecule has 0 bridgehead atoms. The molecule has 2 N–H and O–H groups in total. The first-order chi connectivity index (χ1) is 9.71. The van der Waals surface area contributed by atoms with Gasteiger partial charge in [0.25, 0.3) is 0 Å². The summed E-state index contributed by atoms with van der Waals surface area (Å²) in [6.07, 6.45) is 2.03. The first-order valence-corrected chi connectivity index (χ1v) is 7.47. The molecule has 0 fully saturated rings. The van der Waals surface area contributed by atoms with Crippen molar-refractivity contribution in [2.24, 2.45) is 0 Å². The first-order valence-electron chi connectivity index (χ1n) is 6.24. The summed E-state index contributed by atoms with van der Waals surface area (Å²) >= 11 is 1.68. The highest BCUT2D eigenvalue weighted by molar-refractivity contribution is 7.98. The predicted molar refractivity (Wildman–Crippen MR) is 80.1 cm³/mol. The third kappa shape index (κ3) is 4.11. The lowest BCUT2D eigenvalue weighted by Gasteiger charge is -2.08. The zero-order valence-electron chi connectivity index (χ0n) is 11.5. The van der Waals surface area contributed by atoms with Gasteiger partial charge in [-0.15, -0.1) is 11.8 Å². The van der Waals surface area contributed by atoms with E-state index in [0.29, 0.717) is 36.5 Å². The van der Waals surface area contributed by atoms with E-state index in [1.54, 1.807) is 17.8 Å². The summed E-state index contributed by atoms with van der Waals surface area (Å²) in [7, 11) is 0. The number of nitrogens with two attached hydrogens (primary N) is 1. The van der Waals surface area contributed by atoms with Crippen LogP contribution < -0.4 is 10.5 Å². The van der Waals surface area contributed by atoms with Crippen LogP contribution in [0.2, 0.25) is 0 Å². The molecule has 0 atom stereocenters. The average molecular weight is 291 g/mol. The molecular weight excluding hydrogens is 274 g/mol. The third-order valence-electron chi connectivity index (χ3n) is 2.49. The molecule has 0 spiro atoms. The van der Waals surface area contributed by atoms with Gasteiger partial charge in [-0.1, -0.05) is 0 Å². The van der Waals surface area contributed by atoms with Crippen LogP contribution in [0.5, 0.6) is 11.6 Å². The van der Waals surface area contributed by atoms with E-state index in [0.717, 1.165) is 0 Å². The molecule has 0 radical (unpaired) electrons. The fraction of sp³-hybridized carbons (Fsp3) is 0.286. The Bertz CT molecular complexity index is 561. The zero-order chi connectivity index (χ0) is 14.4. The van der Waals surface area contributed by atoms with Crippen molar-refractivity contribution in [1.82, 2.24) is 9.97 Å². The van der Waals surface area contributed by atoms with Crippen molar-refractivity contribution < 1.29 is 9.47 Å². The Morgan fingerprint density at radius 1 is 1.20 bits per heavy atom. The van der Waals surface area contributed by atoms with E-state index in [1.807, 2.05) is 37.4 Å². The Labute approximate surface area is 122 Å². The van der Waals surface area contributed by atoms with E-state index in [2.05, 4.69) is 9.97 Å². The van der Waals surface area contributed by atoms with E-state index >= 15 is 0 Å². The predicted octanol–water partition coefficient (Wildman–Crippen LogP) is 3.11. The second kappa shape index (κ2) is 7.12. The summed E-state index contributed by atoms with van der Waals surface area (Å²) in [5.74, 6) is 2.01. The Kier molecular flexibility index (Phi) is 5.20. The van der Waals surface area contributed by atoms with Crippen molar-refractivity contribution in [3.63, 3.8) is 0 Å². The molecule has 0 aliphatic rings. The van der Waals surface area contributed by atoms with Crippen LogP contribution in [-0.2, 0) is 11.3 Å². The second-order valence-electron chi connectivity index (χ2n) is 3.96. The van der Waals surface area contributed by atoms with Gasteiger partial charge in [-0.05, 0) is 37.4 Å². The van der Waals surface area contributed by atoms with E-state index in [4.69, 9.17) is 15.2 Å². The number of hydrogen-bond acceptors (Lipinski definition) is 6. The van der Waals surface area contributed by atoms with Crippen molar-refractivity contribution in [3.8, 4) is 11.6 Å². The Morgan fingerprint density at radius 2 is 1.95 bits per heavy atom. The minimum atomic E-state index is 0.323. The van der Waals surface area contributed by atoms with Gasteiger partial charge in [0.1, 0.15) is 18.2 Å². The molecule has 0 unspecified atom stereocenters. The lowest BCUT2D eigenvalue weighted by Crippen LogP contribution is -2.03. The third-order valence-corrected chi connectivity index (χ3v) is 3.23. The summed E-state index contributed by atoms with van der Waals surface area (Å²) in [5, 5.41) is 0. The van der Waals surface area contributed by atoms with Gasteiger partial charge in [-0.2, -0.15) is 4.98 Å². The molecule has 0 aliphatic carbocycles. The zero-order valence-corrected chi connectivity index (χ0v) is 12.3. The van der Waals surface area contributed by atoms with Crippen LogP contribution in [0, 0.1) is 0 Å². The highest BCUT2D eigenvalue weighted by Gasteiger charge is 2.05.